The topological polar surface area (TPSA) is 93.8 Å². The molecule has 0 saturated carbocycles. The Hall–Kier alpha value is -2.39. The third kappa shape index (κ3) is 4.05. The molecule has 1 N–H and O–H groups in total. The average Bonchev–Trinajstić information content (AvgIpc) is 2.85. The lowest BCUT2D eigenvalue weighted by molar-refractivity contribution is -0.120. The van der Waals surface area contributed by atoms with Crippen LogP contribution in [0.3, 0.4) is 0 Å². The number of urea groups is 1. The first kappa shape index (κ1) is 18.4. The van der Waals surface area contributed by atoms with Crippen LogP contribution >= 0.6 is 0 Å². The van der Waals surface area contributed by atoms with E-state index in [0.717, 1.165) is 6.04 Å². The maximum absolute atomic E-state index is 12.1. The van der Waals surface area contributed by atoms with Gasteiger partial charge in [0.1, 0.15) is 6.73 Å². The van der Waals surface area contributed by atoms with Gasteiger partial charge in [-0.3, -0.25) is 15.0 Å². The maximum Gasteiger partial charge on any atom is 0.421 e. The van der Waals surface area contributed by atoms with Crippen molar-refractivity contribution in [3.05, 3.63) is 28.7 Å². The van der Waals surface area contributed by atoms with Gasteiger partial charge in [0.25, 0.3) is 0 Å². The fourth-order valence-corrected chi connectivity index (χ4v) is 3.45. The van der Waals surface area contributed by atoms with E-state index in [0.29, 0.717) is 29.9 Å². The van der Waals surface area contributed by atoms with Crippen LogP contribution in [0.4, 0.5) is 10.5 Å². The second kappa shape index (κ2) is 7.08. The monoisotopic (exact) mass is 377 g/mol. The van der Waals surface area contributed by atoms with Crippen LogP contribution in [0.25, 0.3) is 11.1 Å². The third-order valence-corrected chi connectivity index (χ3v) is 5.94. The summed E-state index contributed by atoms with van der Waals surface area (Å²) in [5, 5.41) is 2.27. The van der Waals surface area contributed by atoms with Gasteiger partial charge in [-0.2, -0.15) is 0 Å². The average molecular weight is 377 g/mol. The minimum absolute atomic E-state index is 0.133. The molecule has 0 bridgehead atoms. The summed E-state index contributed by atoms with van der Waals surface area (Å²) in [5.41, 5.74) is 1.56. The highest BCUT2D eigenvalue weighted by atomic mass is 28.3. The molecule has 1 aliphatic heterocycles. The molecule has 1 saturated heterocycles. The number of fused-ring (bicyclic) bond motifs is 1. The van der Waals surface area contributed by atoms with Crippen molar-refractivity contribution in [2.45, 2.75) is 38.8 Å². The van der Waals surface area contributed by atoms with Crippen molar-refractivity contribution in [2.24, 2.45) is 0 Å². The lowest BCUT2D eigenvalue weighted by Crippen LogP contribution is -2.49. The van der Waals surface area contributed by atoms with Gasteiger partial charge in [-0.1, -0.05) is 19.6 Å². The van der Waals surface area contributed by atoms with Gasteiger partial charge in [-0.25, -0.2) is 14.2 Å². The number of hydrogen-bond acceptors (Lipinski definition) is 5. The Labute approximate surface area is 151 Å². The molecule has 0 atom stereocenters. The van der Waals surface area contributed by atoms with Crippen molar-refractivity contribution in [2.75, 3.05) is 18.1 Å². The number of rotatable bonds is 6. The molecule has 26 heavy (non-hydrogen) atoms. The minimum Gasteiger partial charge on any atom is -0.408 e. The van der Waals surface area contributed by atoms with Crippen molar-refractivity contribution < 1.29 is 18.7 Å². The van der Waals surface area contributed by atoms with Crippen LogP contribution in [0.2, 0.25) is 25.7 Å². The second-order valence-corrected chi connectivity index (χ2v) is 13.2. The molecule has 2 aromatic rings. The van der Waals surface area contributed by atoms with Crippen LogP contribution < -0.4 is 16.0 Å². The van der Waals surface area contributed by atoms with Crippen LogP contribution in [0.1, 0.15) is 6.42 Å². The van der Waals surface area contributed by atoms with Gasteiger partial charge in [-0.05, 0) is 18.2 Å². The lowest BCUT2D eigenvalue weighted by Gasteiger charge is -2.26. The zero-order valence-corrected chi connectivity index (χ0v) is 16.2. The van der Waals surface area contributed by atoms with E-state index in [-0.39, 0.29) is 19.1 Å². The number of carbonyl (C=O) groups is 2. The Bertz CT molecular complexity index is 896. The molecule has 9 heteroatoms. The van der Waals surface area contributed by atoms with E-state index in [1.165, 1.54) is 9.47 Å². The van der Waals surface area contributed by atoms with Gasteiger partial charge >= 0.3 is 11.8 Å². The number of carbonyl (C=O) groups excluding carboxylic acids is 2. The van der Waals surface area contributed by atoms with Gasteiger partial charge in [0.15, 0.2) is 5.58 Å². The summed E-state index contributed by atoms with van der Waals surface area (Å²) in [6, 6.07) is 5.62. The number of ether oxygens (including phenoxy) is 1. The fraction of sp³-hybridized carbons (Fsp3) is 0.471. The molecule has 1 aromatic heterocycles. The molecular formula is C17H23N3O5Si. The van der Waals surface area contributed by atoms with Crippen molar-refractivity contribution in [3.8, 4) is 0 Å². The van der Waals surface area contributed by atoms with Gasteiger partial charge in [-0.15, -0.1) is 0 Å². The Morgan fingerprint density at radius 2 is 2.00 bits per heavy atom. The van der Waals surface area contributed by atoms with Gasteiger partial charge in [0.2, 0.25) is 5.91 Å². The second-order valence-electron chi connectivity index (χ2n) is 7.55. The molecule has 3 amide bonds. The van der Waals surface area contributed by atoms with Gasteiger partial charge in [0.05, 0.1) is 5.52 Å². The number of aromatic nitrogens is 1. The summed E-state index contributed by atoms with van der Waals surface area (Å²) >= 11 is 0. The van der Waals surface area contributed by atoms with E-state index >= 15 is 0 Å². The quantitative estimate of drug-likeness (QED) is 0.616. The third-order valence-electron chi connectivity index (χ3n) is 4.23. The Morgan fingerprint density at radius 1 is 1.23 bits per heavy atom. The molecule has 140 valence electrons. The van der Waals surface area contributed by atoms with Crippen LogP contribution in [-0.4, -0.2) is 37.7 Å². The van der Waals surface area contributed by atoms with Crippen LogP contribution in [0, 0.1) is 0 Å². The molecule has 2 heterocycles. The predicted octanol–water partition coefficient (Wildman–Crippen LogP) is 2.35. The van der Waals surface area contributed by atoms with Crippen LogP contribution in [0.5, 0.6) is 0 Å². The number of nitrogens with zero attached hydrogens (tertiary/aromatic N) is 2. The number of anilines is 1. The highest BCUT2D eigenvalue weighted by Crippen LogP contribution is 2.23. The number of benzene rings is 1. The molecule has 1 aromatic carbocycles. The first-order chi connectivity index (χ1) is 12.2. The fourth-order valence-electron chi connectivity index (χ4n) is 2.69. The van der Waals surface area contributed by atoms with E-state index in [1.807, 2.05) is 0 Å². The van der Waals surface area contributed by atoms with E-state index in [9.17, 15) is 14.4 Å². The molecule has 0 radical (unpaired) electrons. The Balaban J connectivity index is 1.76. The SMILES string of the molecule is C[Si](C)(C)CCOCn1c(=O)oc2cc(N3CCC(=O)NC3=O)ccc21. The van der Waals surface area contributed by atoms with Gasteiger partial charge in [0, 0.05) is 39.4 Å². The number of amides is 3. The molecule has 1 fully saturated rings. The highest BCUT2D eigenvalue weighted by molar-refractivity contribution is 6.76. The maximum atomic E-state index is 12.1. The number of hydrogen-bond donors (Lipinski definition) is 1. The largest absolute Gasteiger partial charge is 0.421 e. The van der Waals surface area contributed by atoms with E-state index < -0.39 is 19.9 Å². The Kier molecular flexibility index (Phi) is 5.01. The van der Waals surface area contributed by atoms with Crippen molar-refractivity contribution >= 4 is 36.8 Å². The molecule has 0 aliphatic carbocycles. The number of nitrogens with one attached hydrogen (secondary N) is 1. The number of imide groups is 1. The smallest absolute Gasteiger partial charge is 0.408 e. The summed E-state index contributed by atoms with van der Waals surface area (Å²) in [5.74, 6) is -0.788. The molecule has 3 rings (SSSR count). The standard InChI is InChI=1S/C17H23N3O5Si/c1-26(2,3)9-8-24-11-20-13-5-4-12(10-14(13)25-17(20)23)19-7-6-15(21)18-16(19)22/h4-5,10H,6-9,11H2,1-3H3,(H,18,21,22). The molecule has 0 spiro atoms. The van der Waals surface area contributed by atoms with E-state index in [1.54, 1.807) is 18.2 Å². The molecular weight excluding hydrogens is 354 g/mol. The Morgan fingerprint density at radius 3 is 2.69 bits per heavy atom. The van der Waals surface area contributed by atoms with E-state index in [2.05, 4.69) is 25.0 Å². The van der Waals surface area contributed by atoms with Crippen molar-refractivity contribution in [1.29, 1.82) is 0 Å². The van der Waals surface area contributed by atoms with Crippen LogP contribution in [0.15, 0.2) is 27.4 Å². The highest BCUT2D eigenvalue weighted by Gasteiger charge is 2.25. The van der Waals surface area contributed by atoms with Crippen molar-refractivity contribution in [3.63, 3.8) is 0 Å². The molecule has 0 unspecified atom stereocenters. The normalized spacial score (nSPS) is 15.6. The van der Waals surface area contributed by atoms with Gasteiger partial charge < -0.3 is 9.15 Å². The summed E-state index contributed by atoms with van der Waals surface area (Å²) in [6.07, 6.45) is 0.236. The predicted molar refractivity (Wildman–Crippen MR) is 100 cm³/mol. The summed E-state index contributed by atoms with van der Waals surface area (Å²) in [7, 11) is -1.19. The summed E-state index contributed by atoms with van der Waals surface area (Å²) < 4.78 is 12.4. The van der Waals surface area contributed by atoms with E-state index in [4.69, 9.17) is 9.15 Å². The lowest BCUT2D eigenvalue weighted by atomic mass is 10.2. The summed E-state index contributed by atoms with van der Waals surface area (Å²) in [6.45, 7) is 7.83. The van der Waals surface area contributed by atoms with Crippen LogP contribution in [-0.2, 0) is 16.3 Å². The molecule has 8 nitrogen and oxygen atoms in total. The zero-order valence-electron chi connectivity index (χ0n) is 15.2. The summed E-state index contributed by atoms with van der Waals surface area (Å²) in [4.78, 5) is 36.8. The van der Waals surface area contributed by atoms with Crippen molar-refractivity contribution in [1.82, 2.24) is 9.88 Å². The number of oxazole rings is 1. The first-order valence-electron chi connectivity index (χ1n) is 8.57. The minimum atomic E-state index is -1.19. The zero-order chi connectivity index (χ0) is 18.9. The molecule has 1 aliphatic rings. The first-order valence-corrected chi connectivity index (χ1v) is 12.3.